The molecule has 0 aromatic heterocycles. The van der Waals surface area contributed by atoms with Crippen LogP contribution in [-0.2, 0) is 19.6 Å². The van der Waals surface area contributed by atoms with Crippen LogP contribution in [0.3, 0.4) is 0 Å². The lowest BCUT2D eigenvalue weighted by atomic mass is 10.2. The van der Waals surface area contributed by atoms with Crippen molar-refractivity contribution < 1.29 is 27.5 Å². The smallest absolute Gasteiger partial charge is 0.338 e. The van der Waals surface area contributed by atoms with Crippen molar-refractivity contribution in [3.8, 4) is 5.75 Å². The molecule has 0 heterocycles. The second-order valence-electron chi connectivity index (χ2n) is 7.60. The number of anilines is 2. The monoisotopic (exact) mass is 482 g/mol. The van der Waals surface area contributed by atoms with Crippen molar-refractivity contribution in [2.24, 2.45) is 0 Å². The van der Waals surface area contributed by atoms with Gasteiger partial charge in [0.05, 0.1) is 23.3 Å². The molecule has 9 heteroatoms. The van der Waals surface area contributed by atoms with E-state index in [4.69, 9.17) is 9.47 Å². The number of esters is 1. The van der Waals surface area contributed by atoms with E-state index in [9.17, 15) is 18.0 Å². The summed E-state index contributed by atoms with van der Waals surface area (Å²) in [6.07, 6.45) is -1.09. The molecule has 34 heavy (non-hydrogen) atoms. The van der Waals surface area contributed by atoms with Gasteiger partial charge >= 0.3 is 5.97 Å². The SMILES string of the molecule is COc1ccc(N(C)S(=O)(=O)c2cccc(C(=O)OC(C)C(=O)Nc3ccc(C)cc3)c2)cc1. The van der Waals surface area contributed by atoms with Gasteiger partial charge in [-0.1, -0.05) is 23.8 Å². The van der Waals surface area contributed by atoms with Gasteiger partial charge in [0.2, 0.25) is 0 Å². The number of sulfonamides is 1. The Bertz CT molecular complexity index is 1270. The molecular formula is C25H26N2O6S. The summed E-state index contributed by atoms with van der Waals surface area (Å²) in [5.41, 5.74) is 2.06. The molecule has 178 valence electrons. The van der Waals surface area contributed by atoms with Gasteiger partial charge in [0.1, 0.15) is 5.75 Å². The van der Waals surface area contributed by atoms with E-state index in [1.807, 2.05) is 19.1 Å². The van der Waals surface area contributed by atoms with Crippen LogP contribution in [0.5, 0.6) is 5.75 Å². The lowest BCUT2D eigenvalue weighted by Crippen LogP contribution is -2.30. The number of methoxy groups -OCH3 is 1. The van der Waals surface area contributed by atoms with Gasteiger partial charge in [-0.2, -0.15) is 0 Å². The molecule has 0 fully saturated rings. The summed E-state index contributed by atoms with van der Waals surface area (Å²) >= 11 is 0. The summed E-state index contributed by atoms with van der Waals surface area (Å²) in [4.78, 5) is 24.9. The zero-order chi connectivity index (χ0) is 24.9. The highest BCUT2D eigenvalue weighted by Crippen LogP contribution is 2.25. The second kappa shape index (κ2) is 10.4. The second-order valence-corrected chi connectivity index (χ2v) is 9.57. The number of amides is 1. The number of ether oxygens (including phenoxy) is 2. The molecule has 0 aliphatic rings. The minimum Gasteiger partial charge on any atom is -0.497 e. The molecule has 1 N–H and O–H groups in total. The van der Waals surface area contributed by atoms with E-state index in [0.717, 1.165) is 9.87 Å². The molecule has 3 aromatic carbocycles. The molecule has 3 rings (SSSR count). The van der Waals surface area contributed by atoms with Crippen LogP contribution in [0, 0.1) is 6.92 Å². The fourth-order valence-corrected chi connectivity index (χ4v) is 4.28. The Morgan fingerprint density at radius 1 is 0.971 bits per heavy atom. The Morgan fingerprint density at radius 2 is 1.62 bits per heavy atom. The van der Waals surface area contributed by atoms with Crippen molar-refractivity contribution in [3.05, 3.63) is 83.9 Å². The first kappa shape index (κ1) is 24.8. The van der Waals surface area contributed by atoms with Gasteiger partial charge in [0.15, 0.2) is 6.10 Å². The number of carbonyl (C=O) groups excluding carboxylic acids is 2. The van der Waals surface area contributed by atoms with Crippen LogP contribution in [-0.4, -0.2) is 40.6 Å². The quantitative estimate of drug-likeness (QED) is 0.487. The first-order chi connectivity index (χ1) is 16.1. The highest BCUT2D eigenvalue weighted by Gasteiger charge is 2.24. The molecule has 1 atom stereocenters. The van der Waals surface area contributed by atoms with E-state index >= 15 is 0 Å². The first-order valence-electron chi connectivity index (χ1n) is 10.4. The molecule has 1 amide bonds. The van der Waals surface area contributed by atoms with Gasteiger partial charge in [-0.15, -0.1) is 0 Å². The fourth-order valence-electron chi connectivity index (χ4n) is 3.04. The van der Waals surface area contributed by atoms with Crippen molar-refractivity contribution in [2.75, 3.05) is 23.8 Å². The molecule has 0 saturated heterocycles. The number of hydrogen-bond donors (Lipinski definition) is 1. The largest absolute Gasteiger partial charge is 0.497 e. The molecule has 0 aliphatic heterocycles. The summed E-state index contributed by atoms with van der Waals surface area (Å²) in [5, 5.41) is 2.67. The molecule has 0 saturated carbocycles. The highest BCUT2D eigenvalue weighted by atomic mass is 32.2. The van der Waals surface area contributed by atoms with E-state index in [0.29, 0.717) is 17.1 Å². The molecule has 0 aliphatic carbocycles. The molecular weight excluding hydrogens is 456 g/mol. The number of nitrogens with one attached hydrogen (secondary N) is 1. The highest BCUT2D eigenvalue weighted by molar-refractivity contribution is 7.92. The Kier molecular flexibility index (Phi) is 7.57. The third-order valence-corrected chi connectivity index (χ3v) is 6.92. The number of benzene rings is 3. The zero-order valence-corrected chi connectivity index (χ0v) is 20.1. The van der Waals surface area contributed by atoms with Crippen LogP contribution < -0.4 is 14.4 Å². The normalized spacial score (nSPS) is 11.9. The third-order valence-electron chi connectivity index (χ3n) is 5.14. The van der Waals surface area contributed by atoms with Crippen molar-refractivity contribution in [1.29, 1.82) is 0 Å². The zero-order valence-electron chi connectivity index (χ0n) is 19.3. The predicted molar refractivity (Wildman–Crippen MR) is 130 cm³/mol. The topological polar surface area (TPSA) is 102 Å². The summed E-state index contributed by atoms with van der Waals surface area (Å²) in [6, 6.07) is 19.2. The van der Waals surface area contributed by atoms with E-state index < -0.39 is 28.0 Å². The Morgan fingerprint density at radius 3 is 2.24 bits per heavy atom. The Balaban J connectivity index is 1.72. The molecule has 0 radical (unpaired) electrons. The average molecular weight is 483 g/mol. The maximum Gasteiger partial charge on any atom is 0.338 e. The molecule has 8 nitrogen and oxygen atoms in total. The van der Waals surface area contributed by atoms with Crippen LogP contribution in [0.15, 0.2) is 77.7 Å². The number of hydrogen-bond acceptors (Lipinski definition) is 6. The summed E-state index contributed by atoms with van der Waals surface area (Å²) < 4.78 is 37.7. The first-order valence-corrected chi connectivity index (χ1v) is 11.9. The fraction of sp³-hybridized carbons (Fsp3) is 0.200. The number of nitrogens with zero attached hydrogens (tertiary/aromatic N) is 1. The van der Waals surface area contributed by atoms with Gasteiger partial charge in [0, 0.05) is 12.7 Å². The summed E-state index contributed by atoms with van der Waals surface area (Å²) in [6.45, 7) is 3.37. The van der Waals surface area contributed by atoms with Crippen molar-refractivity contribution >= 4 is 33.3 Å². The van der Waals surface area contributed by atoms with Gasteiger partial charge < -0.3 is 14.8 Å². The standard InChI is InChI=1S/C25H26N2O6S/c1-17-8-10-20(11-9-17)26-24(28)18(2)33-25(29)19-6-5-7-23(16-19)34(30,31)27(3)21-12-14-22(32-4)15-13-21/h5-16,18H,1-4H3,(H,26,28). The van der Waals surface area contributed by atoms with Crippen molar-refractivity contribution in [1.82, 2.24) is 0 Å². The summed E-state index contributed by atoms with van der Waals surface area (Å²) in [7, 11) is -1.01. The van der Waals surface area contributed by atoms with E-state index in [1.54, 1.807) is 36.4 Å². The van der Waals surface area contributed by atoms with Crippen LogP contribution in [0.25, 0.3) is 0 Å². The van der Waals surface area contributed by atoms with E-state index in [2.05, 4.69) is 5.32 Å². The Labute approximate surface area is 199 Å². The molecule has 0 spiro atoms. The van der Waals surface area contributed by atoms with Gasteiger partial charge in [-0.3, -0.25) is 9.10 Å². The lowest BCUT2D eigenvalue weighted by molar-refractivity contribution is -0.123. The maximum absolute atomic E-state index is 13.1. The van der Waals surface area contributed by atoms with Crippen molar-refractivity contribution in [3.63, 3.8) is 0 Å². The number of aryl methyl sites for hydroxylation is 1. The van der Waals surface area contributed by atoms with Crippen LogP contribution >= 0.6 is 0 Å². The van der Waals surface area contributed by atoms with E-state index in [-0.39, 0.29) is 10.5 Å². The number of rotatable bonds is 8. The van der Waals surface area contributed by atoms with Crippen molar-refractivity contribution in [2.45, 2.75) is 24.8 Å². The molecule has 1 unspecified atom stereocenters. The third kappa shape index (κ3) is 5.74. The van der Waals surface area contributed by atoms with Gasteiger partial charge in [-0.25, -0.2) is 13.2 Å². The maximum atomic E-state index is 13.1. The van der Waals surface area contributed by atoms with Gasteiger partial charge in [0.25, 0.3) is 15.9 Å². The summed E-state index contributed by atoms with van der Waals surface area (Å²) in [5.74, 6) is -0.712. The number of carbonyl (C=O) groups is 2. The average Bonchev–Trinajstić information content (AvgIpc) is 2.85. The molecule has 3 aromatic rings. The minimum absolute atomic E-state index is 0.0131. The predicted octanol–water partition coefficient (Wildman–Crippen LogP) is 4.01. The van der Waals surface area contributed by atoms with Crippen LogP contribution in [0.1, 0.15) is 22.8 Å². The van der Waals surface area contributed by atoms with Crippen LogP contribution in [0.4, 0.5) is 11.4 Å². The Hall–Kier alpha value is -3.85. The van der Waals surface area contributed by atoms with Crippen LogP contribution in [0.2, 0.25) is 0 Å². The minimum atomic E-state index is -3.95. The lowest BCUT2D eigenvalue weighted by Gasteiger charge is -2.20. The van der Waals surface area contributed by atoms with Gasteiger partial charge in [-0.05, 0) is 68.4 Å². The molecule has 0 bridgehead atoms. The van der Waals surface area contributed by atoms with E-state index in [1.165, 1.54) is 45.3 Å².